The molecule has 0 saturated carbocycles. The van der Waals surface area contributed by atoms with Crippen molar-refractivity contribution in [2.24, 2.45) is 0 Å². The second kappa shape index (κ2) is 16.7. The molecule has 1 heterocycles. The van der Waals surface area contributed by atoms with Crippen molar-refractivity contribution in [3.63, 3.8) is 0 Å². The standard InChI is InChI=1S/C44H44N4O7S/c1-7-10-40-45-41-28(2)23-30(24-39(41)47(40)26-29-13-15-31(16-14-29)35-11-8-9-12-36(35)42(49)50)27-56-34-20-17-32(18-21-34)54-33-19-22-37(48(52)53)38(25-33)46(6)43(51)55-44(3,4)5/h8-9,11-25H,7,10,26-27H2,1-6H3,(H,49,50). The molecule has 12 heteroatoms. The molecule has 0 radical (unpaired) electrons. The van der Waals surface area contributed by atoms with E-state index in [1.807, 2.05) is 48.5 Å². The van der Waals surface area contributed by atoms with Crippen molar-refractivity contribution in [1.29, 1.82) is 0 Å². The van der Waals surface area contributed by atoms with Gasteiger partial charge in [-0.15, -0.1) is 11.8 Å². The minimum atomic E-state index is -0.949. The molecular weight excluding hydrogens is 729 g/mol. The number of nitrogens with zero attached hydrogens (tertiary/aromatic N) is 4. The summed E-state index contributed by atoms with van der Waals surface area (Å²) >= 11 is 1.69. The Morgan fingerprint density at radius 3 is 2.29 bits per heavy atom. The molecule has 0 fully saturated rings. The molecule has 1 N–H and O–H groups in total. The lowest BCUT2D eigenvalue weighted by molar-refractivity contribution is -0.384. The van der Waals surface area contributed by atoms with Crippen LogP contribution >= 0.6 is 11.8 Å². The summed E-state index contributed by atoms with van der Waals surface area (Å²) in [4.78, 5) is 42.9. The van der Waals surface area contributed by atoms with Gasteiger partial charge in [-0.2, -0.15) is 0 Å². The smallest absolute Gasteiger partial charge is 0.414 e. The zero-order valence-electron chi connectivity index (χ0n) is 32.2. The summed E-state index contributed by atoms with van der Waals surface area (Å²) in [5.74, 6) is 1.69. The summed E-state index contributed by atoms with van der Waals surface area (Å²) in [6.45, 7) is 10.1. The molecule has 0 unspecified atom stereocenters. The lowest BCUT2D eigenvalue weighted by atomic mass is 9.98. The second-order valence-corrected chi connectivity index (χ2v) is 15.6. The van der Waals surface area contributed by atoms with Gasteiger partial charge in [0.1, 0.15) is 28.6 Å². The molecule has 0 bridgehead atoms. The van der Waals surface area contributed by atoms with Crippen molar-refractivity contribution in [3.05, 3.63) is 141 Å². The minimum absolute atomic E-state index is 0.0568. The second-order valence-electron chi connectivity index (χ2n) is 14.5. The molecule has 5 aromatic carbocycles. The number of aromatic carboxylic acids is 1. The molecule has 1 amide bonds. The number of fused-ring (bicyclic) bond motifs is 1. The lowest BCUT2D eigenvalue weighted by Gasteiger charge is -2.24. The van der Waals surface area contributed by atoms with E-state index in [2.05, 4.69) is 42.7 Å². The number of rotatable bonds is 13. The van der Waals surface area contributed by atoms with Crippen molar-refractivity contribution in [2.75, 3.05) is 11.9 Å². The van der Waals surface area contributed by atoms with Crippen LogP contribution in [0.3, 0.4) is 0 Å². The zero-order valence-corrected chi connectivity index (χ0v) is 33.1. The number of carboxylic acids is 1. The predicted molar refractivity (Wildman–Crippen MR) is 220 cm³/mol. The molecular formula is C44H44N4O7S. The van der Waals surface area contributed by atoms with E-state index in [0.717, 1.165) is 67.5 Å². The van der Waals surface area contributed by atoms with E-state index < -0.39 is 22.6 Å². The van der Waals surface area contributed by atoms with Gasteiger partial charge in [0.25, 0.3) is 5.69 Å². The number of ether oxygens (including phenoxy) is 2. The van der Waals surface area contributed by atoms with Crippen molar-refractivity contribution < 1.29 is 29.1 Å². The van der Waals surface area contributed by atoms with E-state index in [-0.39, 0.29) is 16.9 Å². The number of carbonyl (C=O) groups excluding carboxylic acids is 1. The number of anilines is 1. The van der Waals surface area contributed by atoms with Crippen molar-refractivity contribution >= 4 is 46.2 Å². The molecule has 6 aromatic rings. The van der Waals surface area contributed by atoms with E-state index in [1.165, 1.54) is 25.2 Å². The number of hydrogen-bond acceptors (Lipinski definition) is 8. The topological polar surface area (TPSA) is 137 Å². The van der Waals surface area contributed by atoms with Gasteiger partial charge in [0.2, 0.25) is 0 Å². The Morgan fingerprint density at radius 2 is 1.62 bits per heavy atom. The largest absolute Gasteiger partial charge is 0.478 e. The maximum Gasteiger partial charge on any atom is 0.414 e. The molecule has 288 valence electrons. The number of nitro benzene ring substituents is 1. The highest BCUT2D eigenvalue weighted by molar-refractivity contribution is 7.98. The highest BCUT2D eigenvalue weighted by Crippen LogP contribution is 2.36. The van der Waals surface area contributed by atoms with Crippen LogP contribution in [0.5, 0.6) is 11.5 Å². The van der Waals surface area contributed by atoms with Gasteiger partial charge in [0.15, 0.2) is 0 Å². The van der Waals surface area contributed by atoms with E-state index in [0.29, 0.717) is 23.6 Å². The van der Waals surface area contributed by atoms with Crippen LogP contribution in [0.15, 0.2) is 108 Å². The quantitative estimate of drug-likeness (QED) is 0.0690. The molecule has 0 spiro atoms. The first kappa shape index (κ1) is 39.6. The van der Waals surface area contributed by atoms with Crippen LogP contribution in [0.2, 0.25) is 0 Å². The zero-order chi connectivity index (χ0) is 40.1. The van der Waals surface area contributed by atoms with Crippen LogP contribution in [0, 0.1) is 17.0 Å². The van der Waals surface area contributed by atoms with Crippen LogP contribution < -0.4 is 9.64 Å². The van der Waals surface area contributed by atoms with Gasteiger partial charge in [-0.25, -0.2) is 14.6 Å². The fourth-order valence-electron chi connectivity index (χ4n) is 6.41. The molecule has 0 aliphatic heterocycles. The number of aryl methyl sites for hydroxylation is 2. The SMILES string of the molecule is CCCc1nc2c(C)cc(CSc3ccc(Oc4ccc([N+](=O)[O-])c(N(C)C(=O)OC(C)(C)C)c4)cc3)cc2n1Cc1ccc(-c2ccccc2C(=O)O)cc1. The van der Waals surface area contributed by atoms with Crippen LogP contribution in [-0.2, 0) is 23.5 Å². The van der Waals surface area contributed by atoms with Crippen molar-refractivity contribution in [3.8, 4) is 22.6 Å². The monoisotopic (exact) mass is 772 g/mol. The van der Waals surface area contributed by atoms with Crippen molar-refractivity contribution in [2.45, 2.75) is 70.3 Å². The lowest BCUT2D eigenvalue weighted by Crippen LogP contribution is -2.34. The van der Waals surface area contributed by atoms with Crippen LogP contribution in [0.1, 0.15) is 67.0 Å². The van der Waals surface area contributed by atoms with Gasteiger partial charge in [0.05, 0.1) is 21.5 Å². The van der Waals surface area contributed by atoms with E-state index in [9.17, 15) is 24.8 Å². The number of amides is 1. The van der Waals surface area contributed by atoms with Gasteiger partial charge < -0.3 is 19.1 Å². The first-order chi connectivity index (χ1) is 26.7. The van der Waals surface area contributed by atoms with Gasteiger partial charge in [-0.3, -0.25) is 15.0 Å². The third kappa shape index (κ3) is 9.20. The van der Waals surface area contributed by atoms with Crippen LogP contribution in [-0.4, -0.2) is 44.3 Å². The Labute approximate surface area is 330 Å². The van der Waals surface area contributed by atoms with Crippen LogP contribution in [0.25, 0.3) is 22.2 Å². The Balaban J connectivity index is 1.17. The molecule has 0 atom stereocenters. The molecule has 0 saturated heterocycles. The summed E-state index contributed by atoms with van der Waals surface area (Å²) in [6.07, 6.45) is 1.09. The molecule has 6 rings (SSSR count). The number of imidazole rings is 1. The van der Waals surface area contributed by atoms with E-state index >= 15 is 0 Å². The first-order valence-electron chi connectivity index (χ1n) is 18.3. The number of thioether (sulfide) groups is 1. The van der Waals surface area contributed by atoms with Gasteiger partial charge in [-0.05, 0) is 104 Å². The number of carbonyl (C=O) groups is 2. The van der Waals surface area contributed by atoms with E-state index in [1.54, 1.807) is 44.7 Å². The third-order valence-electron chi connectivity index (χ3n) is 9.06. The first-order valence-corrected chi connectivity index (χ1v) is 19.3. The molecule has 0 aliphatic rings. The fourth-order valence-corrected chi connectivity index (χ4v) is 7.24. The average molecular weight is 773 g/mol. The van der Waals surface area contributed by atoms with Gasteiger partial charge in [-0.1, -0.05) is 55.5 Å². The maximum absolute atomic E-state index is 12.7. The number of nitro groups is 1. The molecule has 0 aliphatic carbocycles. The highest BCUT2D eigenvalue weighted by atomic mass is 32.2. The number of carboxylic acid groups (broad SMARTS) is 1. The van der Waals surface area contributed by atoms with Crippen LogP contribution in [0.4, 0.5) is 16.2 Å². The summed E-state index contributed by atoms with van der Waals surface area (Å²) in [7, 11) is 1.43. The number of benzene rings is 5. The predicted octanol–water partition coefficient (Wildman–Crippen LogP) is 11.1. The molecule has 1 aromatic heterocycles. The maximum atomic E-state index is 12.7. The van der Waals surface area contributed by atoms with Gasteiger partial charge >= 0.3 is 12.1 Å². The summed E-state index contributed by atoms with van der Waals surface area (Å²) in [5.41, 5.74) is 6.30. The summed E-state index contributed by atoms with van der Waals surface area (Å²) < 4.78 is 13.8. The molecule has 56 heavy (non-hydrogen) atoms. The normalized spacial score (nSPS) is 11.4. The number of aromatic nitrogens is 2. The average Bonchev–Trinajstić information content (AvgIpc) is 3.50. The Bertz CT molecular complexity index is 2400. The summed E-state index contributed by atoms with van der Waals surface area (Å²) in [6, 6.07) is 31.4. The fraction of sp³-hybridized carbons (Fsp3) is 0.250. The Morgan fingerprint density at radius 1 is 0.929 bits per heavy atom. The third-order valence-corrected chi connectivity index (χ3v) is 10.1. The van der Waals surface area contributed by atoms with E-state index in [4.69, 9.17) is 14.5 Å². The Hall–Kier alpha value is -6.14. The summed E-state index contributed by atoms with van der Waals surface area (Å²) in [5, 5.41) is 21.4. The van der Waals surface area contributed by atoms with Gasteiger partial charge in [0, 0.05) is 42.8 Å². The van der Waals surface area contributed by atoms with Crippen molar-refractivity contribution in [1.82, 2.24) is 9.55 Å². The Kier molecular flexibility index (Phi) is 11.8. The minimum Gasteiger partial charge on any atom is -0.478 e. The highest BCUT2D eigenvalue weighted by Gasteiger charge is 2.27. The number of hydrogen-bond donors (Lipinski definition) is 1. The molecule has 11 nitrogen and oxygen atoms in total.